The van der Waals surface area contributed by atoms with Gasteiger partial charge >= 0.3 is 0 Å². The average Bonchev–Trinajstić information content (AvgIpc) is 3.10. The van der Waals surface area contributed by atoms with Gasteiger partial charge in [-0.1, -0.05) is 30.3 Å². The Labute approximate surface area is 171 Å². The zero-order valence-corrected chi connectivity index (χ0v) is 16.2. The van der Waals surface area contributed by atoms with Gasteiger partial charge in [0, 0.05) is 37.9 Å². The molecule has 148 valence electrons. The summed E-state index contributed by atoms with van der Waals surface area (Å²) in [7, 11) is 0. The average molecular weight is 409 g/mol. The van der Waals surface area contributed by atoms with Crippen molar-refractivity contribution in [2.45, 2.75) is 0 Å². The van der Waals surface area contributed by atoms with Crippen molar-refractivity contribution < 1.29 is 14.8 Å². The second kappa shape index (κ2) is 7.96. The predicted octanol–water partition coefficient (Wildman–Crippen LogP) is 2.46. The van der Waals surface area contributed by atoms with Gasteiger partial charge in [0.25, 0.3) is 11.6 Å². The number of carbonyl (C=O) groups excluding carboxylic acids is 1. The highest BCUT2D eigenvalue weighted by atomic mass is 32.2. The lowest BCUT2D eigenvalue weighted by Gasteiger charge is -2.36. The minimum atomic E-state index is -0.720. The number of amides is 1. The summed E-state index contributed by atoms with van der Waals surface area (Å²) >= 11 is 1.26. The lowest BCUT2D eigenvalue weighted by Crippen LogP contribution is -2.47. The normalized spacial score (nSPS) is 18.3. The molecule has 0 aromatic heterocycles. The summed E-state index contributed by atoms with van der Waals surface area (Å²) < 4.78 is 0. The van der Waals surface area contributed by atoms with E-state index in [1.165, 1.54) is 35.7 Å². The Morgan fingerprint density at radius 3 is 2.41 bits per heavy atom. The summed E-state index contributed by atoms with van der Waals surface area (Å²) in [5.41, 5.74) is 1.10. The monoisotopic (exact) mass is 409 g/mol. The Hall–Kier alpha value is -3.33. The second-order valence-electron chi connectivity index (χ2n) is 6.60. The second-order valence-corrected chi connectivity index (χ2v) is 7.61. The van der Waals surface area contributed by atoms with E-state index in [-0.39, 0.29) is 5.91 Å². The number of hydrogen-bond acceptors (Lipinski definition) is 7. The number of carbonyl (C=O) groups is 1. The van der Waals surface area contributed by atoms with Crippen molar-refractivity contribution >= 4 is 40.3 Å². The van der Waals surface area contributed by atoms with Crippen LogP contribution in [0.4, 0.5) is 11.4 Å². The molecule has 0 unspecified atom stereocenters. The molecule has 0 spiro atoms. The van der Waals surface area contributed by atoms with Crippen molar-refractivity contribution in [1.29, 1.82) is 0 Å². The van der Waals surface area contributed by atoms with Crippen LogP contribution in [0.5, 0.6) is 5.75 Å². The van der Waals surface area contributed by atoms with Crippen LogP contribution in [0.3, 0.4) is 0 Å². The number of nitrogens with zero attached hydrogens (tertiary/aromatic N) is 4. The number of hydrogen-bond donors (Lipinski definition) is 0. The summed E-state index contributed by atoms with van der Waals surface area (Å²) in [6, 6.07) is 14.0. The summed E-state index contributed by atoms with van der Waals surface area (Å²) in [4.78, 5) is 31.4. The Morgan fingerprint density at radius 2 is 1.72 bits per heavy atom. The van der Waals surface area contributed by atoms with Gasteiger partial charge in [0.2, 0.25) is 0 Å². The topological polar surface area (TPSA) is 102 Å². The fourth-order valence-corrected chi connectivity index (χ4v) is 4.21. The quantitative estimate of drug-likeness (QED) is 0.436. The zero-order valence-electron chi connectivity index (χ0n) is 15.4. The van der Waals surface area contributed by atoms with Crippen LogP contribution >= 0.6 is 11.8 Å². The van der Waals surface area contributed by atoms with Crippen molar-refractivity contribution in [3.05, 3.63) is 69.1 Å². The van der Waals surface area contributed by atoms with Crippen LogP contribution < -0.4 is 10.0 Å². The van der Waals surface area contributed by atoms with E-state index < -0.39 is 16.4 Å². The van der Waals surface area contributed by atoms with Crippen LogP contribution in [-0.4, -0.2) is 47.1 Å². The molecule has 1 fully saturated rings. The highest BCUT2D eigenvalue weighted by Gasteiger charge is 2.28. The van der Waals surface area contributed by atoms with Crippen LogP contribution in [0.2, 0.25) is 0 Å². The Kier molecular flexibility index (Phi) is 5.22. The molecule has 4 rings (SSSR count). The summed E-state index contributed by atoms with van der Waals surface area (Å²) in [6.07, 6.45) is 1.54. The largest absolute Gasteiger partial charge is 0.868 e. The van der Waals surface area contributed by atoms with Crippen molar-refractivity contribution in [3.8, 4) is 5.75 Å². The standard InChI is InChI=1S/C20H18N4O4S/c25-17-7-6-14(12-16(17)24(27)28)13-18-19(26)21-20(29-18)23-10-8-22(9-11-23)15-4-2-1-3-5-15/h1-7,12-13,25H,8-11H2/p-1/b18-13-. The van der Waals surface area contributed by atoms with E-state index in [1.807, 2.05) is 18.2 Å². The SMILES string of the molecule is O=C1N=C(N2CCN(c3ccccc3)CC2)S/C1=C\c1ccc([O-])c([N+](=O)[O-])c1. The van der Waals surface area contributed by atoms with E-state index >= 15 is 0 Å². The van der Waals surface area contributed by atoms with Crippen LogP contribution in [0.15, 0.2) is 58.4 Å². The zero-order chi connectivity index (χ0) is 20.4. The molecule has 2 aromatic carbocycles. The highest BCUT2D eigenvalue weighted by Crippen LogP contribution is 2.32. The molecular weight excluding hydrogens is 392 g/mol. The molecule has 9 heteroatoms. The molecule has 2 aliphatic rings. The molecule has 0 saturated carbocycles. The van der Waals surface area contributed by atoms with Crippen molar-refractivity contribution in [2.75, 3.05) is 31.1 Å². The van der Waals surface area contributed by atoms with E-state index in [9.17, 15) is 20.0 Å². The van der Waals surface area contributed by atoms with Crippen molar-refractivity contribution in [1.82, 2.24) is 4.90 Å². The number of aliphatic imine (C=N–C) groups is 1. The molecule has 0 bridgehead atoms. The van der Waals surface area contributed by atoms with Gasteiger partial charge in [0.15, 0.2) is 5.17 Å². The molecule has 2 aliphatic heterocycles. The third-order valence-corrected chi connectivity index (χ3v) is 5.80. The number of amidine groups is 1. The van der Waals surface area contributed by atoms with Crippen LogP contribution in [0.1, 0.15) is 5.56 Å². The first kappa shape index (κ1) is 19.0. The molecule has 2 aromatic rings. The molecular formula is C20H17N4O4S-. The van der Waals surface area contributed by atoms with Crippen LogP contribution in [-0.2, 0) is 4.79 Å². The van der Waals surface area contributed by atoms with Gasteiger partial charge in [-0.25, -0.2) is 0 Å². The van der Waals surface area contributed by atoms with Gasteiger partial charge in [-0.3, -0.25) is 14.9 Å². The van der Waals surface area contributed by atoms with E-state index in [2.05, 4.69) is 26.9 Å². The maximum atomic E-state index is 12.3. The van der Waals surface area contributed by atoms with Gasteiger partial charge in [0.05, 0.1) is 9.83 Å². The maximum absolute atomic E-state index is 12.3. The van der Waals surface area contributed by atoms with Crippen molar-refractivity contribution in [2.24, 2.45) is 4.99 Å². The smallest absolute Gasteiger partial charge is 0.286 e. The van der Waals surface area contributed by atoms with Gasteiger partial charge in [-0.15, -0.1) is 0 Å². The van der Waals surface area contributed by atoms with Gasteiger partial charge < -0.3 is 14.9 Å². The van der Waals surface area contributed by atoms with Gasteiger partial charge in [0.1, 0.15) is 0 Å². The number of piperazine rings is 1. The van der Waals surface area contributed by atoms with E-state index in [4.69, 9.17) is 0 Å². The first-order valence-electron chi connectivity index (χ1n) is 9.04. The number of nitro benzene ring substituents is 1. The molecule has 0 N–H and O–H groups in total. The lowest BCUT2D eigenvalue weighted by atomic mass is 10.1. The summed E-state index contributed by atoms with van der Waals surface area (Å²) in [6.45, 7) is 3.15. The molecule has 8 nitrogen and oxygen atoms in total. The van der Waals surface area contributed by atoms with Gasteiger partial charge in [-0.2, -0.15) is 4.99 Å². The van der Waals surface area contributed by atoms with Crippen LogP contribution in [0, 0.1) is 10.1 Å². The van der Waals surface area contributed by atoms with Gasteiger partial charge in [-0.05, 0) is 41.3 Å². The first-order valence-corrected chi connectivity index (χ1v) is 9.86. The molecule has 1 amide bonds. The Bertz CT molecular complexity index is 1010. The summed E-state index contributed by atoms with van der Waals surface area (Å²) in [5.74, 6) is -1.03. The number of para-hydroxylation sites is 1. The lowest BCUT2D eigenvalue weighted by molar-refractivity contribution is -0.398. The predicted molar refractivity (Wildman–Crippen MR) is 111 cm³/mol. The highest BCUT2D eigenvalue weighted by molar-refractivity contribution is 8.18. The summed E-state index contributed by atoms with van der Waals surface area (Å²) in [5, 5.41) is 23.1. The Balaban J connectivity index is 1.43. The van der Waals surface area contributed by atoms with Crippen molar-refractivity contribution in [3.63, 3.8) is 0 Å². The minimum absolute atomic E-state index is 0.371. The number of thioether (sulfide) groups is 1. The number of rotatable bonds is 3. The first-order chi connectivity index (χ1) is 14.0. The number of benzene rings is 2. The van der Waals surface area contributed by atoms with E-state index in [0.29, 0.717) is 15.6 Å². The van der Waals surface area contributed by atoms with Crippen LogP contribution in [0.25, 0.3) is 6.08 Å². The maximum Gasteiger partial charge on any atom is 0.286 e. The van der Waals surface area contributed by atoms with E-state index in [1.54, 1.807) is 0 Å². The fourth-order valence-electron chi connectivity index (χ4n) is 3.25. The molecule has 29 heavy (non-hydrogen) atoms. The molecule has 0 radical (unpaired) electrons. The third-order valence-electron chi connectivity index (χ3n) is 4.76. The molecule has 0 atom stereocenters. The minimum Gasteiger partial charge on any atom is -0.868 e. The number of anilines is 1. The molecule has 1 saturated heterocycles. The molecule has 0 aliphatic carbocycles. The fraction of sp³-hybridized carbons (Fsp3) is 0.200. The Morgan fingerprint density at radius 1 is 1.03 bits per heavy atom. The number of nitro groups is 1. The third kappa shape index (κ3) is 4.09. The molecule has 2 heterocycles. The van der Waals surface area contributed by atoms with E-state index in [0.717, 1.165) is 32.2 Å².